The van der Waals surface area contributed by atoms with Gasteiger partial charge in [0.1, 0.15) is 6.10 Å². The molecule has 3 aliphatic carbocycles. The average Bonchev–Trinajstić information content (AvgIpc) is 2.65. The van der Waals surface area contributed by atoms with Crippen LogP contribution in [0.4, 0.5) is 0 Å². The monoisotopic (exact) mass is 374 g/mol. The quantitative estimate of drug-likeness (QED) is 0.356. The van der Waals surface area contributed by atoms with Crippen molar-refractivity contribution in [1.29, 1.82) is 0 Å². The molecule has 2 heteroatoms. The minimum Gasteiger partial charge on any atom is -0.462 e. The van der Waals surface area contributed by atoms with Crippen LogP contribution < -0.4 is 0 Å². The molecule has 0 aliphatic heterocycles. The number of carbonyl (C=O) groups is 1. The molecular weight excluding hydrogens is 332 g/mol. The molecule has 0 amide bonds. The molecule has 3 rings (SSSR count). The van der Waals surface area contributed by atoms with Gasteiger partial charge in [-0.15, -0.1) is 6.58 Å². The van der Waals surface area contributed by atoms with E-state index in [-0.39, 0.29) is 17.5 Å². The van der Waals surface area contributed by atoms with Crippen LogP contribution in [-0.2, 0) is 9.53 Å². The number of esters is 1. The maximum atomic E-state index is 13.5. The predicted octanol–water partition coefficient (Wildman–Crippen LogP) is 6.93. The number of rotatable bonds is 7. The first kappa shape index (κ1) is 20.9. The number of allylic oxidation sites excluding steroid dienone is 1. The third kappa shape index (κ3) is 4.98. The second-order valence-electron chi connectivity index (χ2n) is 10.4. The van der Waals surface area contributed by atoms with Gasteiger partial charge in [0.15, 0.2) is 0 Å². The van der Waals surface area contributed by atoms with E-state index in [2.05, 4.69) is 27.4 Å². The van der Waals surface area contributed by atoms with Gasteiger partial charge in [-0.25, -0.2) is 0 Å². The Morgan fingerprint density at radius 1 is 1.19 bits per heavy atom. The van der Waals surface area contributed by atoms with Crippen LogP contribution in [0.25, 0.3) is 0 Å². The topological polar surface area (TPSA) is 26.3 Å². The molecule has 3 aliphatic rings. The molecule has 6 atom stereocenters. The lowest BCUT2D eigenvalue weighted by Gasteiger charge is -2.44. The van der Waals surface area contributed by atoms with Crippen LogP contribution in [0.5, 0.6) is 0 Å². The van der Waals surface area contributed by atoms with E-state index in [9.17, 15) is 4.79 Å². The molecule has 2 nitrogen and oxygen atoms in total. The van der Waals surface area contributed by atoms with E-state index in [1.165, 1.54) is 44.9 Å². The van der Waals surface area contributed by atoms with E-state index >= 15 is 0 Å². The Balaban J connectivity index is 1.70. The predicted molar refractivity (Wildman–Crippen MR) is 112 cm³/mol. The van der Waals surface area contributed by atoms with Crippen LogP contribution >= 0.6 is 0 Å². The van der Waals surface area contributed by atoms with Crippen molar-refractivity contribution in [2.75, 3.05) is 0 Å². The number of carbonyl (C=O) groups excluding carboxylic acids is 1. The zero-order valence-electron chi connectivity index (χ0n) is 18.1. The standard InChI is InChI=1S/C25H42O2/c1-5-18(3)16-25(12-8-9-19(4)17-25)24(26)27-23(6-2)22-14-20-10-7-11-21(13-20)15-22/h5,18-23H,1,6-17H2,2-4H3. The molecule has 0 aromatic rings. The van der Waals surface area contributed by atoms with E-state index in [4.69, 9.17) is 4.74 Å². The van der Waals surface area contributed by atoms with Gasteiger partial charge in [-0.2, -0.15) is 0 Å². The molecule has 6 unspecified atom stereocenters. The average molecular weight is 375 g/mol. The van der Waals surface area contributed by atoms with Gasteiger partial charge in [0.2, 0.25) is 0 Å². The molecule has 3 saturated carbocycles. The summed E-state index contributed by atoms with van der Waals surface area (Å²) in [6, 6.07) is 0. The van der Waals surface area contributed by atoms with Gasteiger partial charge in [0, 0.05) is 0 Å². The highest BCUT2D eigenvalue weighted by atomic mass is 16.5. The Morgan fingerprint density at radius 2 is 1.89 bits per heavy atom. The molecule has 0 saturated heterocycles. The van der Waals surface area contributed by atoms with Crippen LogP contribution in [0.2, 0.25) is 0 Å². The third-order valence-corrected chi connectivity index (χ3v) is 7.99. The molecule has 3 fully saturated rings. The minimum atomic E-state index is -0.275. The summed E-state index contributed by atoms with van der Waals surface area (Å²) in [5, 5.41) is 0. The van der Waals surface area contributed by atoms with Crippen LogP contribution in [0.1, 0.15) is 97.8 Å². The second-order valence-corrected chi connectivity index (χ2v) is 10.4. The molecular formula is C25H42O2. The van der Waals surface area contributed by atoms with Gasteiger partial charge in [0.25, 0.3) is 0 Å². The van der Waals surface area contributed by atoms with E-state index in [0.717, 1.165) is 43.9 Å². The van der Waals surface area contributed by atoms with Crippen molar-refractivity contribution in [2.45, 2.75) is 104 Å². The van der Waals surface area contributed by atoms with Crippen LogP contribution in [-0.4, -0.2) is 12.1 Å². The zero-order chi connectivity index (χ0) is 19.4. The van der Waals surface area contributed by atoms with Crippen molar-refractivity contribution < 1.29 is 9.53 Å². The Hall–Kier alpha value is -0.790. The van der Waals surface area contributed by atoms with Gasteiger partial charge in [-0.3, -0.25) is 4.79 Å². The number of fused-ring (bicyclic) bond motifs is 2. The summed E-state index contributed by atoms with van der Waals surface area (Å²) in [5.74, 6) is 3.48. The summed E-state index contributed by atoms with van der Waals surface area (Å²) in [4.78, 5) is 13.5. The minimum absolute atomic E-state index is 0.116. The number of ether oxygens (including phenoxy) is 1. The SMILES string of the molecule is C=CC(C)CC1(C(=O)OC(CC)C2CC3CCCC(C3)C2)CCCC(C)C1. The normalized spacial score (nSPS) is 38.6. The fourth-order valence-electron chi connectivity index (χ4n) is 6.68. The van der Waals surface area contributed by atoms with Crippen LogP contribution in [0, 0.1) is 35.0 Å². The van der Waals surface area contributed by atoms with Gasteiger partial charge in [0.05, 0.1) is 5.41 Å². The summed E-state index contributed by atoms with van der Waals surface area (Å²) in [5.41, 5.74) is -0.275. The van der Waals surface area contributed by atoms with Gasteiger partial charge in [-0.05, 0) is 74.5 Å². The fourth-order valence-corrected chi connectivity index (χ4v) is 6.68. The Morgan fingerprint density at radius 3 is 2.48 bits per heavy atom. The Kier molecular flexibility index (Phi) is 7.08. The first-order valence-corrected chi connectivity index (χ1v) is 11.8. The van der Waals surface area contributed by atoms with Crippen molar-refractivity contribution in [3.63, 3.8) is 0 Å². The molecule has 0 heterocycles. The zero-order valence-corrected chi connectivity index (χ0v) is 18.1. The first-order chi connectivity index (χ1) is 13.0. The van der Waals surface area contributed by atoms with Crippen LogP contribution in [0.15, 0.2) is 12.7 Å². The van der Waals surface area contributed by atoms with E-state index in [1.54, 1.807) is 0 Å². The molecule has 0 aromatic carbocycles. The highest BCUT2D eigenvalue weighted by Crippen LogP contribution is 2.47. The van der Waals surface area contributed by atoms with Crippen molar-refractivity contribution in [2.24, 2.45) is 35.0 Å². The second kappa shape index (κ2) is 9.14. The Labute approximate surface area is 167 Å². The molecule has 27 heavy (non-hydrogen) atoms. The Bertz CT molecular complexity index is 500. The third-order valence-electron chi connectivity index (χ3n) is 7.99. The van der Waals surface area contributed by atoms with E-state index in [0.29, 0.717) is 17.8 Å². The van der Waals surface area contributed by atoms with E-state index in [1.807, 2.05) is 6.08 Å². The number of hydrogen-bond donors (Lipinski definition) is 0. The lowest BCUT2D eigenvalue weighted by atomic mass is 9.65. The lowest BCUT2D eigenvalue weighted by Crippen LogP contribution is -2.43. The van der Waals surface area contributed by atoms with E-state index < -0.39 is 0 Å². The first-order valence-electron chi connectivity index (χ1n) is 11.8. The fraction of sp³-hybridized carbons (Fsp3) is 0.880. The van der Waals surface area contributed by atoms with Crippen molar-refractivity contribution >= 4 is 5.97 Å². The molecule has 0 aromatic heterocycles. The van der Waals surface area contributed by atoms with Gasteiger partial charge >= 0.3 is 5.97 Å². The highest BCUT2D eigenvalue weighted by Gasteiger charge is 2.45. The lowest BCUT2D eigenvalue weighted by molar-refractivity contribution is -0.171. The molecule has 0 radical (unpaired) electrons. The maximum absolute atomic E-state index is 13.5. The smallest absolute Gasteiger partial charge is 0.312 e. The summed E-state index contributed by atoms with van der Waals surface area (Å²) >= 11 is 0. The molecule has 0 N–H and O–H groups in total. The molecule has 2 bridgehead atoms. The summed E-state index contributed by atoms with van der Waals surface area (Å²) in [6.45, 7) is 10.7. The molecule has 154 valence electrons. The van der Waals surface area contributed by atoms with Crippen LogP contribution in [0.3, 0.4) is 0 Å². The van der Waals surface area contributed by atoms with Crippen molar-refractivity contribution in [3.05, 3.63) is 12.7 Å². The van der Waals surface area contributed by atoms with Crippen molar-refractivity contribution in [1.82, 2.24) is 0 Å². The summed E-state index contributed by atoms with van der Waals surface area (Å²) in [7, 11) is 0. The largest absolute Gasteiger partial charge is 0.462 e. The maximum Gasteiger partial charge on any atom is 0.312 e. The number of hydrogen-bond acceptors (Lipinski definition) is 2. The highest BCUT2D eigenvalue weighted by molar-refractivity contribution is 5.77. The molecule has 0 spiro atoms. The van der Waals surface area contributed by atoms with Gasteiger partial charge < -0.3 is 4.74 Å². The summed E-state index contributed by atoms with van der Waals surface area (Å²) in [6.07, 6.45) is 16.6. The van der Waals surface area contributed by atoms with Crippen molar-refractivity contribution in [3.8, 4) is 0 Å². The summed E-state index contributed by atoms with van der Waals surface area (Å²) < 4.78 is 6.37. The van der Waals surface area contributed by atoms with Gasteiger partial charge in [-0.1, -0.05) is 59.0 Å².